The van der Waals surface area contributed by atoms with Crippen molar-refractivity contribution < 1.29 is 26.3 Å². The predicted octanol–water partition coefficient (Wildman–Crippen LogP) is 5.36. The van der Waals surface area contributed by atoms with Gasteiger partial charge in [0.15, 0.2) is 0 Å². The van der Waals surface area contributed by atoms with Crippen molar-refractivity contribution in [3.8, 4) is 16.9 Å². The molecule has 0 atom stereocenters. The van der Waals surface area contributed by atoms with Crippen LogP contribution >= 0.6 is 0 Å². The zero-order valence-electron chi connectivity index (χ0n) is 14.7. The Hall–Kier alpha value is -3.00. The van der Waals surface area contributed by atoms with Crippen LogP contribution in [0.15, 0.2) is 77.7 Å². The Morgan fingerprint density at radius 3 is 2.25 bits per heavy atom. The molecule has 3 aromatic rings. The molecule has 0 unspecified atom stereocenters. The van der Waals surface area contributed by atoms with Gasteiger partial charge >= 0.3 is 6.36 Å². The average Bonchev–Trinajstić information content (AvgIpc) is 2.60. The number of alkyl halides is 3. The molecular formula is C20H16F3NO3S. The first-order valence-electron chi connectivity index (χ1n) is 8.19. The summed E-state index contributed by atoms with van der Waals surface area (Å²) in [5.41, 5.74) is 1.75. The van der Waals surface area contributed by atoms with Crippen molar-refractivity contribution in [3.63, 3.8) is 0 Å². The van der Waals surface area contributed by atoms with Crippen LogP contribution in [0, 0.1) is 6.92 Å². The monoisotopic (exact) mass is 407 g/mol. The van der Waals surface area contributed by atoms with Gasteiger partial charge in [0.25, 0.3) is 10.0 Å². The second-order valence-corrected chi connectivity index (χ2v) is 7.73. The van der Waals surface area contributed by atoms with Crippen molar-refractivity contribution in [2.75, 3.05) is 4.72 Å². The summed E-state index contributed by atoms with van der Waals surface area (Å²) in [7, 11) is -4.10. The third-order valence-electron chi connectivity index (χ3n) is 3.84. The van der Waals surface area contributed by atoms with E-state index in [0.29, 0.717) is 11.3 Å². The van der Waals surface area contributed by atoms with Crippen LogP contribution in [0.3, 0.4) is 0 Å². The number of nitrogens with one attached hydrogen (secondary N) is 1. The Morgan fingerprint density at radius 2 is 1.61 bits per heavy atom. The summed E-state index contributed by atoms with van der Waals surface area (Å²) in [4.78, 5) is -0.340. The van der Waals surface area contributed by atoms with Gasteiger partial charge in [-0.1, -0.05) is 42.5 Å². The first-order valence-corrected chi connectivity index (χ1v) is 9.67. The maximum absolute atomic E-state index is 12.9. The number of sulfonamides is 1. The van der Waals surface area contributed by atoms with Crippen LogP contribution < -0.4 is 9.46 Å². The molecule has 3 rings (SSSR count). The van der Waals surface area contributed by atoms with Crippen molar-refractivity contribution in [3.05, 3.63) is 78.4 Å². The standard InChI is InChI=1S/C20H16F3NO3S/c1-14-6-5-9-16(12-14)24-28(25,26)17-10-11-18(15-7-3-2-4-8-15)19(13-17)27-20(21,22)23/h2-13,24H,1H3. The van der Waals surface area contributed by atoms with Gasteiger partial charge in [-0.3, -0.25) is 4.72 Å². The molecule has 0 bridgehead atoms. The van der Waals surface area contributed by atoms with Crippen LogP contribution in [0.2, 0.25) is 0 Å². The van der Waals surface area contributed by atoms with Gasteiger partial charge in [0, 0.05) is 17.3 Å². The van der Waals surface area contributed by atoms with E-state index in [2.05, 4.69) is 9.46 Å². The molecule has 0 radical (unpaired) electrons. The van der Waals surface area contributed by atoms with Gasteiger partial charge in [-0.25, -0.2) is 8.42 Å². The molecule has 0 spiro atoms. The van der Waals surface area contributed by atoms with Crippen LogP contribution in [-0.4, -0.2) is 14.8 Å². The fraction of sp³-hybridized carbons (Fsp3) is 0.100. The molecule has 0 amide bonds. The fourth-order valence-electron chi connectivity index (χ4n) is 2.66. The number of halogens is 3. The van der Waals surface area contributed by atoms with Crippen molar-refractivity contribution in [1.82, 2.24) is 0 Å². The van der Waals surface area contributed by atoms with Gasteiger partial charge < -0.3 is 4.74 Å². The van der Waals surface area contributed by atoms with Crippen molar-refractivity contribution in [1.29, 1.82) is 0 Å². The van der Waals surface area contributed by atoms with Gasteiger partial charge in [-0.2, -0.15) is 0 Å². The second kappa shape index (κ2) is 7.55. The van der Waals surface area contributed by atoms with E-state index in [0.717, 1.165) is 11.6 Å². The summed E-state index contributed by atoms with van der Waals surface area (Å²) in [6, 6.07) is 18.3. The summed E-state index contributed by atoms with van der Waals surface area (Å²) in [6.45, 7) is 1.79. The lowest BCUT2D eigenvalue weighted by molar-refractivity contribution is -0.274. The molecule has 0 heterocycles. The lowest BCUT2D eigenvalue weighted by Crippen LogP contribution is -2.19. The number of hydrogen-bond acceptors (Lipinski definition) is 3. The van der Waals surface area contributed by atoms with Gasteiger partial charge in [-0.15, -0.1) is 13.2 Å². The van der Waals surface area contributed by atoms with Gasteiger partial charge in [0.2, 0.25) is 0 Å². The molecule has 0 aromatic heterocycles. The largest absolute Gasteiger partial charge is 0.573 e. The van der Waals surface area contributed by atoms with E-state index in [4.69, 9.17) is 0 Å². The summed E-state index contributed by atoms with van der Waals surface area (Å²) in [5.74, 6) is -0.592. The topological polar surface area (TPSA) is 55.4 Å². The number of hydrogen-bond donors (Lipinski definition) is 1. The lowest BCUT2D eigenvalue weighted by Gasteiger charge is -2.16. The highest BCUT2D eigenvalue weighted by molar-refractivity contribution is 7.92. The van der Waals surface area contributed by atoms with Crippen molar-refractivity contribution in [2.24, 2.45) is 0 Å². The Bertz CT molecular complexity index is 1080. The van der Waals surface area contributed by atoms with E-state index in [-0.39, 0.29) is 10.5 Å². The zero-order chi connectivity index (χ0) is 20.4. The molecule has 0 fully saturated rings. The first-order chi connectivity index (χ1) is 13.1. The highest BCUT2D eigenvalue weighted by Crippen LogP contribution is 2.36. The molecule has 4 nitrogen and oxygen atoms in total. The number of rotatable bonds is 5. The molecule has 8 heteroatoms. The van der Waals surface area contributed by atoms with Crippen LogP contribution in [-0.2, 0) is 10.0 Å². The molecule has 146 valence electrons. The molecule has 3 aromatic carbocycles. The van der Waals surface area contributed by atoms with E-state index in [1.165, 1.54) is 12.1 Å². The molecule has 0 aliphatic carbocycles. The second-order valence-electron chi connectivity index (χ2n) is 6.05. The molecular weight excluding hydrogens is 391 g/mol. The number of anilines is 1. The minimum Gasteiger partial charge on any atom is -0.405 e. The smallest absolute Gasteiger partial charge is 0.405 e. The Balaban J connectivity index is 2.03. The lowest BCUT2D eigenvalue weighted by atomic mass is 10.1. The minimum atomic E-state index is -4.96. The molecule has 0 aliphatic rings. The maximum Gasteiger partial charge on any atom is 0.573 e. The molecule has 1 N–H and O–H groups in total. The highest BCUT2D eigenvalue weighted by atomic mass is 32.2. The third kappa shape index (κ3) is 4.83. The van der Waals surface area contributed by atoms with E-state index >= 15 is 0 Å². The summed E-state index contributed by atoms with van der Waals surface area (Å²) < 4.78 is 70.3. The van der Waals surface area contributed by atoms with Crippen molar-refractivity contribution >= 4 is 15.7 Å². The van der Waals surface area contributed by atoms with E-state index in [9.17, 15) is 21.6 Å². The van der Waals surface area contributed by atoms with E-state index in [1.54, 1.807) is 61.5 Å². The minimum absolute atomic E-state index is 0.132. The van der Waals surface area contributed by atoms with Crippen LogP contribution in [0.1, 0.15) is 5.56 Å². The Kier molecular flexibility index (Phi) is 5.33. The van der Waals surface area contributed by atoms with Crippen molar-refractivity contribution in [2.45, 2.75) is 18.2 Å². The average molecular weight is 407 g/mol. The fourth-order valence-corrected chi connectivity index (χ4v) is 3.72. The van der Waals surface area contributed by atoms with Crippen LogP contribution in [0.25, 0.3) is 11.1 Å². The number of benzene rings is 3. The predicted molar refractivity (Wildman–Crippen MR) is 101 cm³/mol. The van der Waals surface area contributed by atoms with E-state index in [1.807, 2.05) is 0 Å². The number of ether oxygens (including phenoxy) is 1. The Labute approximate surface area is 160 Å². The van der Waals surface area contributed by atoms with Crippen LogP contribution in [0.5, 0.6) is 5.75 Å². The summed E-state index contributed by atoms with van der Waals surface area (Å²) in [6.07, 6.45) is -4.96. The molecule has 0 saturated heterocycles. The van der Waals surface area contributed by atoms with Crippen LogP contribution in [0.4, 0.5) is 18.9 Å². The third-order valence-corrected chi connectivity index (χ3v) is 5.22. The maximum atomic E-state index is 12.9. The van der Waals surface area contributed by atoms with Gasteiger partial charge in [-0.05, 0) is 42.3 Å². The van der Waals surface area contributed by atoms with Gasteiger partial charge in [0.1, 0.15) is 5.75 Å². The zero-order valence-corrected chi connectivity index (χ0v) is 15.5. The highest BCUT2D eigenvalue weighted by Gasteiger charge is 2.33. The quantitative estimate of drug-likeness (QED) is 0.619. The molecule has 28 heavy (non-hydrogen) atoms. The molecule has 0 aliphatic heterocycles. The van der Waals surface area contributed by atoms with E-state index < -0.39 is 22.1 Å². The number of aryl methyl sites for hydroxylation is 1. The summed E-state index contributed by atoms with van der Waals surface area (Å²) >= 11 is 0. The summed E-state index contributed by atoms with van der Waals surface area (Å²) in [5, 5.41) is 0. The van der Waals surface area contributed by atoms with Gasteiger partial charge in [0.05, 0.1) is 4.90 Å². The molecule has 0 saturated carbocycles. The normalized spacial score (nSPS) is 11.9. The Morgan fingerprint density at radius 1 is 0.893 bits per heavy atom. The SMILES string of the molecule is Cc1cccc(NS(=O)(=O)c2ccc(-c3ccccc3)c(OC(F)(F)F)c2)c1. The first kappa shape index (κ1) is 19.8.